The van der Waals surface area contributed by atoms with Crippen LogP contribution in [0.4, 0.5) is 0 Å². The van der Waals surface area contributed by atoms with Crippen molar-refractivity contribution in [2.24, 2.45) is 0 Å². The third kappa shape index (κ3) is 6.15. The number of hydrogen-bond acceptors (Lipinski definition) is 3. The molecular weight excluding hydrogens is 356 g/mol. The molecule has 0 unspecified atom stereocenters. The van der Waals surface area contributed by atoms with Crippen molar-refractivity contribution in [2.75, 3.05) is 6.54 Å². The van der Waals surface area contributed by atoms with Crippen LogP contribution in [0, 0.1) is 0 Å². The van der Waals surface area contributed by atoms with E-state index in [1.807, 2.05) is 20.8 Å². The Bertz CT molecular complexity index is 583. The molecule has 0 aromatic heterocycles. The molecule has 1 aromatic rings. The van der Waals surface area contributed by atoms with Crippen molar-refractivity contribution in [1.82, 2.24) is 10.0 Å². The number of hydrogen-bond donors (Lipinski definition) is 2. The molecule has 0 saturated carbocycles. The molecule has 0 radical (unpaired) electrons. The molecule has 2 N–H and O–H groups in total. The van der Waals surface area contributed by atoms with Crippen molar-refractivity contribution in [1.29, 1.82) is 0 Å². The molecule has 0 spiro atoms. The van der Waals surface area contributed by atoms with Gasteiger partial charge in [0.2, 0.25) is 15.9 Å². The quantitative estimate of drug-likeness (QED) is 0.766. The van der Waals surface area contributed by atoms with Crippen LogP contribution in [0.25, 0.3) is 0 Å². The number of carbonyl (C=O) groups is 1. The highest BCUT2D eigenvalue weighted by atomic mass is 79.9. The summed E-state index contributed by atoms with van der Waals surface area (Å²) in [5, 5.41) is 2.86. The molecule has 0 aliphatic rings. The van der Waals surface area contributed by atoms with Crippen LogP contribution < -0.4 is 10.0 Å². The lowest BCUT2D eigenvalue weighted by atomic mass is 10.0. The van der Waals surface area contributed by atoms with E-state index in [1.165, 1.54) is 12.1 Å². The second-order valence-corrected chi connectivity index (χ2v) is 8.07. The Morgan fingerprint density at radius 1 is 1.24 bits per heavy atom. The molecule has 0 aliphatic carbocycles. The van der Waals surface area contributed by atoms with E-state index < -0.39 is 10.0 Å². The Morgan fingerprint density at radius 2 is 1.81 bits per heavy atom. The van der Waals surface area contributed by atoms with Gasteiger partial charge in [-0.2, -0.15) is 0 Å². The highest BCUT2D eigenvalue weighted by Crippen LogP contribution is 2.14. The van der Waals surface area contributed by atoms with Gasteiger partial charge in [0, 0.05) is 23.0 Å². The van der Waals surface area contributed by atoms with Crippen molar-refractivity contribution in [2.45, 2.75) is 44.0 Å². The zero-order valence-corrected chi connectivity index (χ0v) is 14.8. The molecule has 0 atom stereocenters. The molecule has 0 bridgehead atoms. The van der Waals surface area contributed by atoms with Crippen molar-refractivity contribution < 1.29 is 13.2 Å². The van der Waals surface area contributed by atoms with E-state index in [2.05, 4.69) is 26.0 Å². The molecule has 1 amide bonds. The Hall–Kier alpha value is -0.920. The second-order valence-electron chi connectivity index (χ2n) is 5.39. The minimum Gasteiger partial charge on any atom is -0.351 e. The van der Waals surface area contributed by atoms with Gasteiger partial charge in [-0.05, 0) is 44.5 Å². The minimum absolute atomic E-state index is 0.0734. The lowest BCUT2D eigenvalue weighted by molar-refractivity contribution is -0.122. The van der Waals surface area contributed by atoms with Crippen LogP contribution in [-0.4, -0.2) is 26.4 Å². The first-order valence-corrected chi connectivity index (χ1v) is 9.00. The van der Waals surface area contributed by atoms with E-state index in [9.17, 15) is 13.2 Å². The maximum atomic E-state index is 12.0. The van der Waals surface area contributed by atoms with Crippen molar-refractivity contribution in [3.05, 3.63) is 28.7 Å². The molecular formula is C14H21BrN2O3S. The molecule has 0 fully saturated rings. The Labute approximate surface area is 134 Å². The van der Waals surface area contributed by atoms with Crippen LogP contribution in [0.1, 0.15) is 33.6 Å². The van der Waals surface area contributed by atoms with E-state index in [1.54, 1.807) is 12.1 Å². The van der Waals surface area contributed by atoms with E-state index in [-0.39, 0.29) is 29.3 Å². The topological polar surface area (TPSA) is 75.3 Å². The third-order valence-corrected chi connectivity index (χ3v) is 5.14. The monoisotopic (exact) mass is 376 g/mol. The Kier molecular flexibility index (Phi) is 6.37. The zero-order valence-electron chi connectivity index (χ0n) is 12.4. The van der Waals surface area contributed by atoms with Crippen LogP contribution in [0.15, 0.2) is 33.6 Å². The number of carbonyl (C=O) groups excluding carboxylic acids is 1. The molecule has 118 valence electrons. The zero-order chi connectivity index (χ0) is 16.1. The largest absolute Gasteiger partial charge is 0.351 e. The number of nitrogens with one attached hydrogen (secondary N) is 2. The first-order chi connectivity index (χ1) is 9.66. The van der Waals surface area contributed by atoms with E-state index >= 15 is 0 Å². The summed E-state index contributed by atoms with van der Waals surface area (Å²) in [6.45, 7) is 5.91. The van der Waals surface area contributed by atoms with Gasteiger partial charge in [0.15, 0.2) is 0 Å². The number of sulfonamides is 1. The predicted octanol–water partition coefficient (Wildman–Crippen LogP) is 2.42. The molecule has 0 heterocycles. The standard InChI is InChI=1S/C14H21BrN2O3S/c1-4-14(2,3)17-13(18)9-10-16-21(19,20)12-7-5-11(15)6-8-12/h5-8,16H,4,9-10H2,1-3H3,(H,17,18). The molecule has 5 nitrogen and oxygen atoms in total. The summed E-state index contributed by atoms with van der Waals surface area (Å²) in [5.74, 6) is -0.166. The lowest BCUT2D eigenvalue weighted by Gasteiger charge is -2.24. The highest BCUT2D eigenvalue weighted by molar-refractivity contribution is 9.10. The number of amides is 1. The lowest BCUT2D eigenvalue weighted by Crippen LogP contribution is -2.43. The van der Waals surface area contributed by atoms with Crippen molar-refractivity contribution >= 4 is 31.9 Å². The van der Waals surface area contributed by atoms with Crippen LogP contribution in [-0.2, 0) is 14.8 Å². The smallest absolute Gasteiger partial charge is 0.240 e. The minimum atomic E-state index is -3.57. The molecule has 0 saturated heterocycles. The van der Waals surface area contributed by atoms with E-state index in [0.717, 1.165) is 10.9 Å². The van der Waals surface area contributed by atoms with Crippen LogP contribution in [0.2, 0.25) is 0 Å². The van der Waals surface area contributed by atoms with Gasteiger partial charge in [-0.25, -0.2) is 13.1 Å². The van der Waals surface area contributed by atoms with Gasteiger partial charge < -0.3 is 5.32 Å². The van der Waals surface area contributed by atoms with Gasteiger partial charge >= 0.3 is 0 Å². The van der Waals surface area contributed by atoms with Gasteiger partial charge in [-0.15, -0.1) is 0 Å². The maximum Gasteiger partial charge on any atom is 0.240 e. The Morgan fingerprint density at radius 3 is 2.33 bits per heavy atom. The first-order valence-electron chi connectivity index (χ1n) is 6.72. The predicted molar refractivity (Wildman–Crippen MR) is 86.5 cm³/mol. The van der Waals surface area contributed by atoms with E-state index in [4.69, 9.17) is 0 Å². The maximum absolute atomic E-state index is 12.0. The molecule has 1 rings (SSSR count). The number of benzene rings is 1. The van der Waals surface area contributed by atoms with Crippen LogP contribution >= 0.6 is 15.9 Å². The normalized spacial score (nSPS) is 12.2. The van der Waals surface area contributed by atoms with Crippen LogP contribution in [0.3, 0.4) is 0 Å². The van der Waals surface area contributed by atoms with E-state index in [0.29, 0.717) is 0 Å². The van der Waals surface area contributed by atoms with Crippen molar-refractivity contribution in [3.63, 3.8) is 0 Å². The molecule has 1 aromatic carbocycles. The van der Waals surface area contributed by atoms with Gasteiger partial charge in [-0.3, -0.25) is 4.79 Å². The van der Waals surface area contributed by atoms with Gasteiger partial charge in [0.1, 0.15) is 0 Å². The average Bonchev–Trinajstić information content (AvgIpc) is 2.38. The van der Waals surface area contributed by atoms with Crippen LogP contribution in [0.5, 0.6) is 0 Å². The fraction of sp³-hybridized carbons (Fsp3) is 0.500. The number of rotatable bonds is 7. The summed E-state index contributed by atoms with van der Waals surface area (Å²) in [5.41, 5.74) is -0.276. The summed E-state index contributed by atoms with van der Waals surface area (Å²) < 4.78 is 27.2. The SMILES string of the molecule is CCC(C)(C)NC(=O)CCNS(=O)(=O)c1ccc(Br)cc1. The molecule has 7 heteroatoms. The van der Waals surface area contributed by atoms with Crippen molar-refractivity contribution in [3.8, 4) is 0 Å². The Balaban J connectivity index is 2.51. The first kappa shape index (κ1) is 18.1. The average molecular weight is 377 g/mol. The fourth-order valence-electron chi connectivity index (χ4n) is 1.52. The highest BCUT2D eigenvalue weighted by Gasteiger charge is 2.18. The molecule has 0 aliphatic heterocycles. The number of halogens is 1. The fourth-order valence-corrected chi connectivity index (χ4v) is 2.82. The summed E-state index contributed by atoms with van der Waals surface area (Å²) in [6.07, 6.45) is 0.919. The summed E-state index contributed by atoms with van der Waals surface area (Å²) in [6, 6.07) is 6.33. The van der Waals surface area contributed by atoms with Gasteiger partial charge in [0.25, 0.3) is 0 Å². The second kappa shape index (κ2) is 7.38. The summed E-state index contributed by atoms with van der Waals surface area (Å²) >= 11 is 3.25. The van der Waals surface area contributed by atoms with Gasteiger partial charge in [0.05, 0.1) is 4.90 Å². The van der Waals surface area contributed by atoms with Gasteiger partial charge in [-0.1, -0.05) is 22.9 Å². The summed E-state index contributed by atoms with van der Waals surface area (Å²) in [7, 11) is -3.57. The summed E-state index contributed by atoms with van der Waals surface area (Å²) in [4.78, 5) is 11.9. The molecule has 21 heavy (non-hydrogen) atoms. The third-order valence-electron chi connectivity index (χ3n) is 3.13.